The summed E-state index contributed by atoms with van der Waals surface area (Å²) in [6, 6.07) is 15.7. The quantitative estimate of drug-likeness (QED) is 0.809. The van der Waals surface area contributed by atoms with Crippen molar-refractivity contribution in [1.29, 1.82) is 0 Å². The van der Waals surface area contributed by atoms with Gasteiger partial charge in [-0.1, -0.05) is 24.3 Å². The monoisotopic (exact) mass is 315 g/mol. The highest BCUT2D eigenvalue weighted by Gasteiger charge is 2.08. The summed E-state index contributed by atoms with van der Waals surface area (Å²) in [5.41, 5.74) is 1.80. The van der Waals surface area contributed by atoms with Crippen LogP contribution >= 0.6 is 0 Å². The Balaban J connectivity index is 1.81. The van der Waals surface area contributed by atoms with Gasteiger partial charge in [-0.05, 0) is 24.3 Å². The van der Waals surface area contributed by atoms with E-state index in [0.29, 0.717) is 39.6 Å². The number of ether oxygens (including phenoxy) is 4. The Morgan fingerprint density at radius 3 is 1.52 bits per heavy atom. The first-order valence-electron chi connectivity index (χ1n) is 7.79. The number of nitrogens with one attached hydrogen (secondary N) is 1. The SMILES string of the molecule is c1ccc2c(c1)Nc1ccccc1OCCOCCOCCO2. The van der Waals surface area contributed by atoms with Crippen molar-refractivity contribution < 1.29 is 18.9 Å². The first-order valence-corrected chi connectivity index (χ1v) is 7.79. The second-order valence-corrected chi connectivity index (χ2v) is 5.04. The van der Waals surface area contributed by atoms with E-state index in [0.717, 1.165) is 22.9 Å². The van der Waals surface area contributed by atoms with Gasteiger partial charge in [0.1, 0.15) is 24.7 Å². The van der Waals surface area contributed by atoms with E-state index in [9.17, 15) is 0 Å². The van der Waals surface area contributed by atoms with Crippen molar-refractivity contribution in [2.75, 3.05) is 45.0 Å². The molecule has 0 saturated carbocycles. The van der Waals surface area contributed by atoms with Gasteiger partial charge < -0.3 is 24.3 Å². The summed E-state index contributed by atoms with van der Waals surface area (Å²) in [6.07, 6.45) is 0. The van der Waals surface area contributed by atoms with Crippen molar-refractivity contribution in [2.24, 2.45) is 0 Å². The Morgan fingerprint density at radius 2 is 1.00 bits per heavy atom. The highest BCUT2D eigenvalue weighted by atomic mass is 16.6. The van der Waals surface area contributed by atoms with E-state index in [2.05, 4.69) is 5.32 Å². The molecule has 0 radical (unpaired) electrons. The lowest BCUT2D eigenvalue weighted by Gasteiger charge is -2.15. The van der Waals surface area contributed by atoms with Crippen LogP contribution in [0.1, 0.15) is 0 Å². The van der Waals surface area contributed by atoms with Gasteiger partial charge in [0.25, 0.3) is 0 Å². The first-order chi connectivity index (χ1) is 11.4. The summed E-state index contributed by atoms with van der Waals surface area (Å²) < 4.78 is 22.6. The summed E-state index contributed by atoms with van der Waals surface area (Å²) in [5.74, 6) is 1.58. The fourth-order valence-electron chi connectivity index (χ4n) is 2.28. The molecule has 3 rings (SSSR count). The van der Waals surface area contributed by atoms with Crippen LogP contribution in [0.25, 0.3) is 0 Å². The van der Waals surface area contributed by atoms with Crippen molar-refractivity contribution in [3.05, 3.63) is 48.5 Å². The Labute approximate surface area is 136 Å². The molecule has 5 heteroatoms. The second kappa shape index (κ2) is 8.41. The summed E-state index contributed by atoms with van der Waals surface area (Å²) in [5, 5.41) is 3.38. The topological polar surface area (TPSA) is 49.0 Å². The maximum atomic E-state index is 5.81. The van der Waals surface area contributed by atoms with E-state index in [1.165, 1.54) is 0 Å². The Morgan fingerprint density at radius 1 is 0.565 bits per heavy atom. The van der Waals surface area contributed by atoms with Gasteiger partial charge >= 0.3 is 0 Å². The Bertz CT molecular complexity index is 564. The molecule has 1 aliphatic heterocycles. The molecule has 2 aromatic rings. The first kappa shape index (κ1) is 15.6. The van der Waals surface area contributed by atoms with E-state index in [-0.39, 0.29) is 0 Å². The van der Waals surface area contributed by atoms with Crippen LogP contribution in [0, 0.1) is 0 Å². The molecule has 0 atom stereocenters. The molecule has 2 aromatic carbocycles. The normalized spacial score (nSPS) is 16.3. The van der Waals surface area contributed by atoms with Gasteiger partial charge in [0.05, 0.1) is 37.8 Å². The molecular weight excluding hydrogens is 294 g/mol. The molecule has 1 heterocycles. The lowest BCUT2D eigenvalue weighted by atomic mass is 10.2. The summed E-state index contributed by atoms with van der Waals surface area (Å²) in [7, 11) is 0. The highest BCUT2D eigenvalue weighted by Crippen LogP contribution is 2.32. The summed E-state index contributed by atoms with van der Waals surface area (Å²) >= 11 is 0. The van der Waals surface area contributed by atoms with Crippen molar-refractivity contribution in [3.8, 4) is 11.5 Å². The molecule has 1 aliphatic rings. The molecule has 0 spiro atoms. The molecule has 0 fully saturated rings. The van der Waals surface area contributed by atoms with Crippen LogP contribution < -0.4 is 14.8 Å². The molecule has 0 aliphatic carbocycles. The van der Waals surface area contributed by atoms with Crippen LogP contribution in [0.2, 0.25) is 0 Å². The zero-order chi connectivity index (χ0) is 15.7. The summed E-state index contributed by atoms with van der Waals surface area (Å²) in [4.78, 5) is 0. The van der Waals surface area contributed by atoms with Gasteiger partial charge in [0.15, 0.2) is 0 Å². The van der Waals surface area contributed by atoms with E-state index < -0.39 is 0 Å². The third-order valence-corrected chi connectivity index (χ3v) is 3.39. The van der Waals surface area contributed by atoms with Crippen LogP contribution in [0.5, 0.6) is 11.5 Å². The van der Waals surface area contributed by atoms with Crippen molar-refractivity contribution in [3.63, 3.8) is 0 Å². The number of fused-ring (bicyclic) bond motifs is 2. The number of benzene rings is 2. The standard InChI is InChI=1S/C18H21NO4/c1-3-7-17-15(5-1)19-16-6-2-4-8-18(16)23-14-12-21-10-9-20-11-13-22-17/h1-8,19H,9-14H2. The fourth-order valence-corrected chi connectivity index (χ4v) is 2.28. The zero-order valence-corrected chi connectivity index (χ0v) is 13.0. The molecule has 0 aromatic heterocycles. The number of para-hydroxylation sites is 4. The molecule has 0 amide bonds. The minimum absolute atomic E-state index is 0.497. The third-order valence-electron chi connectivity index (χ3n) is 3.39. The number of rotatable bonds is 0. The van der Waals surface area contributed by atoms with E-state index in [1.807, 2.05) is 48.5 Å². The zero-order valence-electron chi connectivity index (χ0n) is 13.0. The second-order valence-electron chi connectivity index (χ2n) is 5.04. The fraction of sp³-hybridized carbons (Fsp3) is 0.333. The molecule has 0 unspecified atom stereocenters. The highest BCUT2D eigenvalue weighted by molar-refractivity contribution is 5.70. The Hall–Kier alpha value is -2.24. The van der Waals surface area contributed by atoms with Crippen LogP contribution in [-0.4, -0.2) is 39.6 Å². The van der Waals surface area contributed by atoms with E-state index in [4.69, 9.17) is 18.9 Å². The van der Waals surface area contributed by atoms with Gasteiger partial charge in [-0.3, -0.25) is 0 Å². The average Bonchev–Trinajstić information content (AvgIpc) is 2.59. The van der Waals surface area contributed by atoms with Gasteiger partial charge in [-0.15, -0.1) is 0 Å². The van der Waals surface area contributed by atoms with Crippen LogP contribution in [-0.2, 0) is 9.47 Å². The van der Waals surface area contributed by atoms with Gasteiger partial charge in [-0.25, -0.2) is 0 Å². The van der Waals surface area contributed by atoms with Crippen molar-refractivity contribution in [1.82, 2.24) is 0 Å². The minimum Gasteiger partial charge on any atom is -0.489 e. The molecule has 0 bridgehead atoms. The lowest BCUT2D eigenvalue weighted by molar-refractivity contribution is 0.0276. The van der Waals surface area contributed by atoms with E-state index in [1.54, 1.807) is 0 Å². The molecule has 5 nitrogen and oxygen atoms in total. The van der Waals surface area contributed by atoms with Crippen LogP contribution in [0.4, 0.5) is 11.4 Å². The maximum Gasteiger partial charge on any atom is 0.142 e. The molecule has 23 heavy (non-hydrogen) atoms. The molecule has 0 saturated heterocycles. The predicted octanol–water partition coefficient (Wildman–Crippen LogP) is 3.23. The Kier molecular flexibility index (Phi) is 5.72. The predicted molar refractivity (Wildman–Crippen MR) is 88.8 cm³/mol. The molecule has 122 valence electrons. The third kappa shape index (κ3) is 4.61. The number of hydrogen-bond acceptors (Lipinski definition) is 5. The van der Waals surface area contributed by atoms with Gasteiger partial charge in [-0.2, -0.15) is 0 Å². The number of anilines is 2. The number of hydrogen-bond donors (Lipinski definition) is 1. The van der Waals surface area contributed by atoms with Gasteiger partial charge in [0.2, 0.25) is 0 Å². The van der Waals surface area contributed by atoms with Crippen molar-refractivity contribution >= 4 is 11.4 Å². The average molecular weight is 315 g/mol. The molecular formula is C18H21NO4. The van der Waals surface area contributed by atoms with Gasteiger partial charge in [0, 0.05) is 0 Å². The van der Waals surface area contributed by atoms with E-state index >= 15 is 0 Å². The van der Waals surface area contributed by atoms with Crippen LogP contribution in [0.15, 0.2) is 48.5 Å². The molecule has 1 N–H and O–H groups in total. The lowest BCUT2D eigenvalue weighted by Crippen LogP contribution is -2.13. The minimum atomic E-state index is 0.497. The smallest absolute Gasteiger partial charge is 0.142 e. The van der Waals surface area contributed by atoms with Crippen LogP contribution in [0.3, 0.4) is 0 Å². The van der Waals surface area contributed by atoms with Crippen molar-refractivity contribution in [2.45, 2.75) is 0 Å². The maximum absolute atomic E-state index is 5.81. The summed E-state index contributed by atoms with van der Waals surface area (Å²) in [6.45, 7) is 3.17. The largest absolute Gasteiger partial charge is 0.489 e.